The number of benzene rings is 2. The number of carbonyl (C=O) groups excluding carboxylic acids is 1. The third kappa shape index (κ3) is 7.07. The van der Waals surface area contributed by atoms with Crippen LogP contribution in [0.5, 0.6) is 23.0 Å². The van der Waals surface area contributed by atoms with Gasteiger partial charge in [-0.05, 0) is 61.4 Å². The van der Waals surface area contributed by atoms with E-state index in [0.717, 1.165) is 55.5 Å². The minimum Gasteiger partial charge on any atom is -0.496 e. The van der Waals surface area contributed by atoms with Crippen molar-refractivity contribution in [1.29, 1.82) is 0 Å². The molecule has 0 bridgehead atoms. The van der Waals surface area contributed by atoms with Crippen LogP contribution in [0.2, 0.25) is 0 Å². The summed E-state index contributed by atoms with van der Waals surface area (Å²) in [6.07, 6.45) is 5.02. The number of hydrogen-bond acceptors (Lipinski definition) is 7. The van der Waals surface area contributed by atoms with Crippen molar-refractivity contribution in [2.24, 2.45) is 5.92 Å². The van der Waals surface area contributed by atoms with Gasteiger partial charge < -0.3 is 29.0 Å². The van der Waals surface area contributed by atoms with Gasteiger partial charge in [0.05, 0.1) is 26.7 Å². The molecule has 2 aromatic rings. The first-order valence-electron chi connectivity index (χ1n) is 14.8. The summed E-state index contributed by atoms with van der Waals surface area (Å²) in [7, 11) is 3.23. The van der Waals surface area contributed by atoms with Crippen LogP contribution in [-0.4, -0.2) is 80.0 Å². The van der Waals surface area contributed by atoms with E-state index in [2.05, 4.69) is 18.7 Å². The van der Waals surface area contributed by atoms with Gasteiger partial charge in [0, 0.05) is 31.6 Å². The van der Waals surface area contributed by atoms with Crippen LogP contribution >= 0.6 is 0 Å². The molecule has 3 atom stereocenters. The Morgan fingerprint density at radius 2 is 1.80 bits per heavy atom. The van der Waals surface area contributed by atoms with Crippen molar-refractivity contribution in [3.63, 3.8) is 0 Å². The van der Waals surface area contributed by atoms with Crippen molar-refractivity contribution in [2.75, 3.05) is 47.2 Å². The predicted molar refractivity (Wildman–Crippen MR) is 156 cm³/mol. The second-order valence-electron chi connectivity index (χ2n) is 10.9. The summed E-state index contributed by atoms with van der Waals surface area (Å²) in [4.78, 5) is 30.5. The number of methoxy groups -OCH3 is 2. The highest BCUT2D eigenvalue weighted by Gasteiger charge is 2.47. The van der Waals surface area contributed by atoms with Crippen molar-refractivity contribution in [1.82, 2.24) is 9.80 Å². The van der Waals surface area contributed by atoms with E-state index in [1.54, 1.807) is 14.2 Å². The Balaban J connectivity index is 1.62. The number of hydrogen-bond donors (Lipinski definition) is 1. The van der Waals surface area contributed by atoms with Crippen molar-refractivity contribution in [2.45, 2.75) is 64.3 Å². The average molecular weight is 569 g/mol. The Kier molecular flexibility index (Phi) is 10.7. The number of carbonyl (C=O) groups is 2. The number of nitrogens with zero attached hydrogens (tertiary/aromatic N) is 2. The third-order valence-electron chi connectivity index (χ3n) is 8.25. The zero-order valence-electron chi connectivity index (χ0n) is 24.8. The maximum atomic E-state index is 13.6. The molecule has 1 saturated heterocycles. The van der Waals surface area contributed by atoms with E-state index in [-0.39, 0.29) is 31.2 Å². The zero-order chi connectivity index (χ0) is 29.4. The van der Waals surface area contributed by atoms with E-state index in [1.165, 1.54) is 0 Å². The highest BCUT2D eigenvalue weighted by molar-refractivity contribution is 5.79. The minimum atomic E-state index is -0.861. The smallest absolute Gasteiger partial charge is 0.308 e. The van der Waals surface area contributed by atoms with Crippen LogP contribution in [0, 0.1) is 5.92 Å². The molecular formula is C32H44N2O7. The number of fused-ring (bicyclic) bond motifs is 1. The zero-order valence-corrected chi connectivity index (χ0v) is 24.8. The average Bonchev–Trinajstić information content (AvgIpc) is 3.60. The number of carboxylic acid groups (broad SMARTS) is 1. The van der Waals surface area contributed by atoms with E-state index in [4.69, 9.17) is 18.9 Å². The van der Waals surface area contributed by atoms with E-state index in [1.807, 2.05) is 41.3 Å². The summed E-state index contributed by atoms with van der Waals surface area (Å²) in [5.41, 5.74) is 1.91. The summed E-state index contributed by atoms with van der Waals surface area (Å²) in [6, 6.07) is 11.3. The molecule has 0 aromatic heterocycles. The number of para-hydroxylation sites is 1. The van der Waals surface area contributed by atoms with Gasteiger partial charge in [-0.2, -0.15) is 0 Å². The predicted octanol–water partition coefficient (Wildman–Crippen LogP) is 4.96. The Bertz CT molecular complexity index is 1190. The van der Waals surface area contributed by atoms with Gasteiger partial charge in [0.25, 0.3) is 0 Å². The molecular weight excluding hydrogens is 524 g/mol. The second-order valence-corrected chi connectivity index (χ2v) is 10.9. The molecule has 224 valence electrons. The Hall–Kier alpha value is -3.46. The Morgan fingerprint density at radius 3 is 2.51 bits per heavy atom. The SMILES string of the molecule is CCCCN(CCC)C(=O)CN1CC(c2cc(OC)c3c(c2)OCO3)C(C(=O)O)C1CCCc1ccccc1OC. The normalized spacial score (nSPS) is 19.8. The molecule has 1 fully saturated rings. The van der Waals surface area contributed by atoms with Crippen molar-refractivity contribution >= 4 is 11.9 Å². The molecule has 0 spiro atoms. The number of aryl methyl sites for hydroxylation is 1. The van der Waals surface area contributed by atoms with Gasteiger partial charge in [0.2, 0.25) is 18.4 Å². The number of rotatable bonds is 15. The Labute approximate surface area is 243 Å². The third-order valence-corrected chi connectivity index (χ3v) is 8.25. The standard InChI is InChI=1S/C32H44N2O7/c1-5-7-16-33(15-6-2)29(35)20-34-19-24(23-17-27(39-4)31-28(18-23)40-21-41-31)30(32(36)37)25(34)13-10-12-22-11-8-9-14-26(22)38-3/h8-9,11,14,17-18,24-25,30H,5-7,10,12-13,15-16,19-21H2,1-4H3,(H,36,37). The van der Waals surface area contributed by atoms with Crippen LogP contribution in [-0.2, 0) is 16.0 Å². The molecule has 2 aliphatic rings. The molecule has 0 aliphatic carbocycles. The molecule has 4 rings (SSSR count). The van der Waals surface area contributed by atoms with E-state index >= 15 is 0 Å². The van der Waals surface area contributed by atoms with Crippen molar-refractivity contribution < 1.29 is 33.6 Å². The molecule has 2 heterocycles. The maximum Gasteiger partial charge on any atom is 0.308 e. The summed E-state index contributed by atoms with van der Waals surface area (Å²) in [5.74, 6) is 0.610. The van der Waals surface area contributed by atoms with Crippen LogP contribution in [0.3, 0.4) is 0 Å². The van der Waals surface area contributed by atoms with Gasteiger partial charge in [0.1, 0.15) is 5.75 Å². The lowest BCUT2D eigenvalue weighted by Crippen LogP contribution is -2.44. The molecule has 1 N–H and O–H groups in total. The van der Waals surface area contributed by atoms with Crippen molar-refractivity contribution in [3.05, 3.63) is 47.5 Å². The molecule has 1 amide bonds. The van der Waals surface area contributed by atoms with Crippen LogP contribution < -0.4 is 18.9 Å². The topological polar surface area (TPSA) is 97.8 Å². The number of carboxylic acids is 1. The molecule has 2 aromatic carbocycles. The molecule has 9 nitrogen and oxygen atoms in total. The lowest BCUT2D eigenvalue weighted by molar-refractivity contribution is -0.143. The second kappa shape index (κ2) is 14.4. The highest BCUT2D eigenvalue weighted by Crippen LogP contribution is 2.47. The first kappa shape index (κ1) is 30.5. The molecule has 2 aliphatic heterocycles. The summed E-state index contributed by atoms with van der Waals surface area (Å²) >= 11 is 0. The fourth-order valence-electron chi connectivity index (χ4n) is 6.22. The first-order chi connectivity index (χ1) is 19.9. The monoisotopic (exact) mass is 568 g/mol. The number of amides is 1. The largest absolute Gasteiger partial charge is 0.496 e. The number of unbranched alkanes of at least 4 members (excludes halogenated alkanes) is 1. The fraction of sp³-hybridized carbons (Fsp3) is 0.562. The van der Waals surface area contributed by atoms with E-state index in [9.17, 15) is 14.7 Å². The van der Waals surface area contributed by atoms with Crippen LogP contribution in [0.4, 0.5) is 0 Å². The lowest BCUT2D eigenvalue weighted by atomic mass is 9.83. The molecule has 9 heteroatoms. The van der Waals surface area contributed by atoms with E-state index < -0.39 is 11.9 Å². The van der Waals surface area contributed by atoms with Gasteiger partial charge in [-0.3, -0.25) is 14.5 Å². The van der Waals surface area contributed by atoms with Gasteiger partial charge >= 0.3 is 5.97 Å². The molecule has 3 unspecified atom stereocenters. The van der Waals surface area contributed by atoms with Gasteiger partial charge in [-0.1, -0.05) is 38.5 Å². The molecule has 0 radical (unpaired) electrons. The maximum absolute atomic E-state index is 13.6. The van der Waals surface area contributed by atoms with Gasteiger partial charge in [-0.25, -0.2) is 0 Å². The van der Waals surface area contributed by atoms with Gasteiger partial charge in [0.15, 0.2) is 11.5 Å². The van der Waals surface area contributed by atoms with E-state index in [0.29, 0.717) is 36.8 Å². The highest BCUT2D eigenvalue weighted by atomic mass is 16.7. The van der Waals surface area contributed by atoms with Crippen LogP contribution in [0.15, 0.2) is 36.4 Å². The summed E-state index contributed by atoms with van der Waals surface area (Å²) < 4.78 is 22.3. The minimum absolute atomic E-state index is 0.0584. The van der Waals surface area contributed by atoms with Gasteiger partial charge in [-0.15, -0.1) is 0 Å². The van der Waals surface area contributed by atoms with Crippen molar-refractivity contribution in [3.8, 4) is 23.0 Å². The molecule has 0 saturated carbocycles. The van der Waals surface area contributed by atoms with Crippen LogP contribution in [0.1, 0.15) is 63.0 Å². The summed E-state index contributed by atoms with van der Waals surface area (Å²) in [5, 5.41) is 10.6. The summed E-state index contributed by atoms with van der Waals surface area (Å²) in [6.45, 7) is 6.38. The Morgan fingerprint density at radius 1 is 1.02 bits per heavy atom. The first-order valence-corrected chi connectivity index (χ1v) is 14.8. The number of likely N-dealkylation sites (tertiary alicyclic amines) is 1. The quantitative estimate of drug-likeness (QED) is 0.322. The number of ether oxygens (including phenoxy) is 4. The fourth-order valence-corrected chi connectivity index (χ4v) is 6.22. The lowest BCUT2D eigenvalue weighted by Gasteiger charge is -2.29. The number of aliphatic carboxylic acids is 1. The molecule has 41 heavy (non-hydrogen) atoms. The van der Waals surface area contributed by atoms with Crippen LogP contribution in [0.25, 0.3) is 0 Å².